The minimum atomic E-state index is -1.29. The topological polar surface area (TPSA) is 113 Å². The molecule has 208 valence electrons. The van der Waals surface area contributed by atoms with E-state index in [2.05, 4.69) is 26.0 Å². The summed E-state index contributed by atoms with van der Waals surface area (Å²) in [5.41, 5.74) is -1.65. The second-order valence-electron chi connectivity index (χ2n) is 13.6. The Labute approximate surface area is 221 Å². The number of ether oxygens (including phenoxy) is 2. The second kappa shape index (κ2) is 9.42. The van der Waals surface area contributed by atoms with Crippen molar-refractivity contribution in [1.82, 2.24) is 0 Å². The zero-order valence-electron chi connectivity index (χ0n) is 23.1. The monoisotopic (exact) mass is 518 g/mol. The van der Waals surface area contributed by atoms with Gasteiger partial charge in [0, 0.05) is 31.1 Å². The fourth-order valence-electron chi connectivity index (χ4n) is 9.60. The highest BCUT2D eigenvalue weighted by atomic mass is 16.5. The molecule has 5 rings (SSSR count). The summed E-state index contributed by atoms with van der Waals surface area (Å²) < 4.78 is 11.5. The van der Waals surface area contributed by atoms with Crippen LogP contribution in [0.4, 0.5) is 0 Å². The van der Waals surface area contributed by atoms with E-state index in [-0.39, 0.29) is 65.6 Å². The van der Waals surface area contributed by atoms with Gasteiger partial charge < -0.3 is 24.8 Å². The molecule has 0 aromatic heterocycles. The van der Waals surface area contributed by atoms with Crippen LogP contribution in [0, 0.1) is 46.3 Å². The summed E-state index contributed by atoms with van der Waals surface area (Å²) in [5, 5.41) is 33.6. The molecule has 4 fully saturated rings. The normalized spacial score (nSPS) is 49.5. The van der Waals surface area contributed by atoms with E-state index in [4.69, 9.17) is 9.47 Å². The van der Waals surface area contributed by atoms with Crippen LogP contribution < -0.4 is 0 Å². The van der Waals surface area contributed by atoms with Crippen molar-refractivity contribution in [3.63, 3.8) is 0 Å². The lowest BCUT2D eigenvalue weighted by Crippen LogP contribution is -2.60. The number of hydrogen-bond acceptors (Lipinski definition) is 7. The fourth-order valence-corrected chi connectivity index (χ4v) is 9.60. The molecule has 1 heterocycles. The number of esters is 1. The van der Waals surface area contributed by atoms with E-state index in [0.29, 0.717) is 30.6 Å². The Hall–Kier alpha value is -1.28. The molecule has 1 saturated heterocycles. The predicted octanol–water partition coefficient (Wildman–Crippen LogP) is 3.43. The number of rotatable bonds is 5. The Morgan fingerprint density at radius 1 is 1.22 bits per heavy atom. The first-order chi connectivity index (χ1) is 17.3. The van der Waals surface area contributed by atoms with Gasteiger partial charge in [-0.2, -0.15) is 0 Å². The standard InChI is InChI=1S/C30H46O7/c1-16-23(33)15-36-24(16)14-26(34)30(5,35)25-9-8-21-20-7-6-18-12-19(32)13-27(37-17(2)31)29(18,4)22(20)10-11-28(21,25)3/h6-7,16,18-22,24-27,32,34-35H,8-15H2,1-5H3. The predicted molar refractivity (Wildman–Crippen MR) is 137 cm³/mol. The minimum absolute atomic E-state index is 0.0567. The molecular formula is C30H46O7. The third-order valence-corrected chi connectivity index (χ3v) is 11.9. The van der Waals surface area contributed by atoms with E-state index in [1.165, 1.54) is 6.92 Å². The largest absolute Gasteiger partial charge is 0.462 e. The van der Waals surface area contributed by atoms with Gasteiger partial charge in [0.1, 0.15) is 12.7 Å². The van der Waals surface area contributed by atoms with Crippen molar-refractivity contribution < 1.29 is 34.4 Å². The summed E-state index contributed by atoms with van der Waals surface area (Å²) in [6.07, 6.45) is 7.69. The Morgan fingerprint density at radius 2 is 1.95 bits per heavy atom. The van der Waals surface area contributed by atoms with Crippen molar-refractivity contribution >= 4 is 11.8 Å². The van der Waals surface area contributed by atoms with Gasteiger partial charge in [-0.05, 0) is 74.0 Å². The number of ketones is 1. The van der Waals surface area contributed by atoms with Crippen LogP contribution in [0.25, 0.3) is 0 Å². The molecule has 4 aliphatic carbocycles. The summed E-state index contributed by atoms with van der Waals surface area (Å²) in [6.45, 7) is 9.71. The molecule has 3 N–H and O–H groups in total. The molecule has 37 heavy (non-hydrogen) atoms. The van der Waals surface area contributed by atoms with E-state index < -0.39 is 17.8 Å². The molecule has 0 amide bonds. The Kier molecular flexibility index (Phi) is 6.95. The third kappa shape index (κ3) is 4.23. The number of aliphatic hydroxyl groups is 3. The fraction of sp³-hybridized carbons (Fsp3) is 0.867. The summed E-state index contributed by atoms with van der Waals surface area (Å²) in [5.74, 6) is 0.617. The zero-order chi connectivity index (χ0) is 26.9. The van der Waals surface area contributed by atoms with Crippen molar-refractivity contribution in [2.24, 2.45) is 46.3 Å². The van der Waals surface area contributed by atoms with Gasteiger partial charge >= 0.3 is 5.97 Å². The van der Waals surface area contributed by atoms with Crippen molar-refractivity contribution in [3.8, 4) is 0 Å². The van der Waals surface area contributed by atoms with Crippen LogP contribution in [-0.2, 0) is 19.1 Å². The average molecular weight is 519 g/mol. The summed E-state index contributed by atoms with van der Waals surface area (Å²) >= 11 is 0. The maximum absolute atomic E-state index is 12.0. The molecule has 1 aliphatic heterocycles. The second-order valence-corrected chi connectivity index (χ2v) is 13.6. The quantitative estimate of drug-likeness (QED) is 0.377. The van der Waals surface area contributed by atoms with Gasteiger partial charge in [0.2, 0.25) is 0 Å². The molecule has 7 nitrogen and oxygen atoms in total. The highest BCUT2D eigenvalue weighted by Crippen LogP contribution is 2.67. The number of fused-ring (bicyclic) bond motifs is 5. The number of Topliss-reactive ketones (excluding diaryl/α,β-unsaturated/α-hetero) is 1. The zero-order valence-corrected chi connectivity index (χ0v) is 23.1. The first-order valence-corrected chi connectivity index (χ1v) is 14.4. The number of allylic oxidation sites excluding steroid dienone is 2. The lowest BCUT2D eigenvalue weighted by molar-refractivity contribution is -0.188. The van der Waals surface area contributed by atoms with Gasteiger partial charge in [-0.25, -0.2) is 0 Å². The number of aliphatic hydroxyl groups excluding tert-OH is 2. The maximum atomic E-state index is 12.0. The molecule has 0 aromatic rings. The van der Waals surface area contributed by atoms with Crippen LogP contribution in [-0.4, -0.2) is 63.7 Å². The lowest BCUT2D eigenvalue weighted by atomic mass is 9.45. The average Bonchev–Trinajstić information content (AvgIpc) is 3.34. The van der Waals surface area contributed by atoms with Crippen molar-refractivity contribution in [2.45, 2.75) is 110 Å². The van der Waals surface area contributed by atoms with E-state index in [1.54, 1.807) is 6.92 Å². The van der Waals surface area contributed by atoms with Crippen molar-refractivity contribution in [3.05, 3.63) is 12.2 Å². The van der Waals surface area contributed by atoms with Gasteiger partial charge in [-0.15, -0.1) is 0 Å². The van der Waals surface area contributed by atoms with E-state index >= 15 is 0 Å². The highest BCUT2D eigenvalue weighted by molar-refractivity contribution is 5.84. The van der Waals surface area contributed by atoms with E-state index in [1.807, 2.05) is 6.92 Å². The van der Waals surface area contributed by atoms with Crippen LogP contribution in [0.1, 0.15) is 79.6 Å². The van der Waals surface area contributed by atoms with Crippen LogP contribution >= 0.6 is 0 Å². The molecule has 0 aromatic carbocycles. The number of carbonyl (C=O) groups is 2. The van der Waals surface area contributed by atoms with E-state index in [9.17, 15) is 24.9 Å². The minimum Gasteiger partial charge on any atom is -0.462 e. The molecule has 13 atom stereocenters. The first kappa shape index (κ1) is 27.3. The smallest absolute Gasteiger partial charge is 0.302 e. The first-order valence-electron chi connectivity index (χ1n) is 14.4. The van der Waals surface area contributed by atoms with Crippen molar-refractivity contribution in [1.29, 1.82) is 0 Å². The van der Waals surface area contributed by atoms with Gasteiger partial charge in [-0.3, -0.25) is 9.59 Å². The van der Waals surface area contributed by atoms with Crippen LogP contribution in [0.3, 0.4) is 0 Å². The molecule has 7 heteroatoms. The molecule has 3 saturated carbocycles. The third-order valence-electron chi connectivity index (χ3n) is 11.9. The molecular weight excluding hydrogens is 472 g/mol. The van der Waals surface area contributed by atoms with Gasteiger partial charge in [0.25, 0.3) is 0 Å². The highest BCUT2D eigenvalue weighted by Gasteiger charge is 2.64. The van der Waals surface area contributed by atoms with E-state index in [0.717, 1.165) is 25.7 Å². The Balaban J connectivity index is 1.38. The molecule has 0 radical (unpaired) electrons. The van der Waals surface area contributed by atoms with Crippen LogP contribution in [0.2, 0.25) is 0 Å². The Morgan fingerprint density at radius 3 is 2.59 bits per heavy atom. The van der Waals surface area contributed by atoms with Gasteiger partial charge in [0.05, 0.1) is 23.9 Å². The Bertz CT molecular complexity index is 944. The molecule has 5 aliphatic rings. The molecule has 13 unspecified atom stereocenters. The van der Waals surface area contributed by atoms with Gasteiger partial charge in [-0.1, -0.05) is 32.9 Å². The molecule has 0 spiro atoms. The molecule has 0 bridgehead atoms. The number of hydrogen-bond donors (Lipinski definition) is 3. The summed E-state index contributed by atoms with van der Waals surface area (Å²) in [7, 11) is 0. The van der Waals surface area contributed by atoms with Gasteiger partial charge in [0.15, 0.2) is 5.78 Å². The number of carbonyl (C=O) groups excluding carboxylic acids is 2. The maximum Gasteiger partial charge on any atom is 0.302 e. The SMILES string of the molecule is CC(=O)OC1CC(O)CC2C=CC3C4CCC(C(C)(O)C(O)CC5OCC(=O)C5C)C4(C)CCC3C21C. The van der Waals surface area contributed by atoms with Crippen LogP contribution in [0.5, 0.6) is 0 Å². The summed E-state index contributed by atoms with van der Waals surface area (Å²) in [6, 6.07) is 0. The van der Waals surface area contributed by atoms with Crippen molar-refractivity contribution in [2.75, 3.05) is 6.61 Å². The summed E-state index contributed by atoms with van der Waals surface area (Å²) in [4.78, 5) is 24.0. The lowest BCUT2D eigenvalue weighted by Gasteiger charge is -2.61. The van der Waals surface area contributed by atoms with Crippen LogP contribution in [0.15, 0.2) is 12.2 Å².